The largest absolute Gasteiger partial charge is 0.359 e. The Morgan fingerprint density at radius 3 is 3.18 bits per heavy atom. The summed E-state index contributed by atoms with van der Waals surface area (Å²) in [4.78, 5) is 15.6. The summed E-state index contributed by atoms with van der Waals surface area (Å²) in [6.07, 6.45) is 6.03. The molecule has 2 N–H and O–H groups in total. The van der Waals surface area contributed by atoms with Gasteiger partial charge in [-0.2, -0.15) is 5.10 Å². The highest BCUT2D eigenvalue weighted by Gasteiger charge is 2.04. The molecule has 1 amide bonds. The lowest BCUT2D eigenvalue weighted by molar-refractivity contribution is -0.119. The maximum Gasteiger partial charge on any atom is 0.239 e. The molecule has 0 aliphatic carbocycles. The van der Waals surface area contributed by atoms with Gasteiger partial charge in [-0.25, -0.2) is 9.50 Å². The number of anilines is 1. The first-order valence-corrected chi connectivity index (χ1v) is 5.60. The molecule has 17 heavy (non-hydrogen) atoms. The Morgan fingerprint density at radius 1 is 1.47 bits per heavy atom. The molecule has 0 aliphatic rings. The van der Waals surface area contributed by atoms with E-state index in [1.165, 1.54) is 0 Å². The molecular weight excluding hydrogens is 218 g/mol. The average Bonchev–Trinajstić information content (AvgIpc) is 2.82. The highest BCUT2D eigenvalue weighted by atomic mass is 16.1. The number of amides is 1. The summed E-state index contributed by atoms with van der Waals surface area (Å²) < 4.78 is 1.71. The second-order valence-electron chi connectivity index (χ2n) is 3.64. The molecule has 2 heterocycles. The molecule has 2 aromatic heterocycles. The lowest BCUT2D eigenvalue weighted by atomic mass is 10.4. The molecule has 0 aromatic carbocycles. The molecule has 0 unspecified atom stereocenters. The van der Waals surface area contributed by atoms with E-state index in [4.69, 9.17) is 0 Å². The van der Waals surface area contributed by atoms with Gasteiger partial charge in [0.2, 0.25) is 5.91 Å². The Balaban J connectivity index is 1.99. The van der Waals surface area contributed by atoms with Gasteiger partial charge < -0.3 is 10.6 Å². The highest BCUT2D eigenvalue weighted by Crippen LogP contribution is 2.11. The third-order valence-electron chi connectivity index (χ3n) is 2.31. The molecule has 0 spiro atoms. The highest BCUT2D eigenvalue weighted by molar-refractivity contribution is 5.82. The topological polar surface area (TPSA) is 71.3 Å². The fourth-order valence-corrected chi connectivity index (χ4v) is 1.48. The number of carbonyl (C=O) groups is 1. The first-order valence-electron chi connectivity index (χ1n) is 5.60. The van der Waals surface area contributed by atoms with Crippen LogP contribution in [0.1, 0.15) is 13.3 Å². The molecule has 2 aromatic rings. The van der Waals surface area contributed by atoms with Gasteiger partial charge in [0.1, 0.15) is 5.52 Å². The second kappa shape index (κ2) is 5.29. The number of fused-ring (bicyclic) bond motifs is 1. The zero-order chi connectivity index (χ0) is 12.1. The summed E-state index contributed by atoms with van der Waals surface area (Å²) in [7, 11) is 0. The van der Waals surface area contributed by atoms with E-state index in [1.54, 1.807) is 23.1 Å². The zero-order valence-corrected chi connectivity index (χ0v) is 9.68. The van der Waals surface area contributed by atoms with Gasteiger partial charge in [-0.15, -0.1) is 0 Å². The van der Waals surface area contributed by atoms with Crippen LogP contribution in [-0.4, -0.2) is 33.6 Å². The molecule has 0 saturated heterocycles. The van der Waals surface area contributed by atoms with Gasteiger partial charge in [-0.3, -0.25) is 4.79 Å². The van der Waals surface area contributed by atoms with Gasteiger partial charge in [-0.05, 0) is 12.5 Å². The van der Waals surface area contributed by atoms with Gasteiger partial charge >= 0.3 is 0 Å². The number of hydrogen-bond acceptors (Lipinski definition) is 4. The molecule has 0 saturated carbocycles. The van der Waals surface area contributed by atoms with Crippen molar-refractivity contribution in [3.63, 3.8) is 0 Å². The number of hydrogen-bond donors (Lipinski definition) is 2. The molecule has 0 atom stereocenters. The van der Waals surface area contributed by atoms with Crippen molar-refractivity contribution >= 4 is 17.2 Å². The minimum absolute atomic E-state index is 0.0323. The Hall–Kier alpha value is -2.11. The van der Waals surface area contributed by atoms with Crippen LogP contribution in [0.15, 0.2) is 24.7 Å². The SMILES string of the molecule is CCCNC(=O)CNc1nccn2nccc12. The molecule has 6 nitrogen and oxygen atoms in total. The molecule has 0 fully saturated rings. The van der Waals surface area contributed by atoms with Crippen molar-refractivity contribution in [2.24, 2.45) is 0 Å². The van der Waals surface area contributed by atoms with Crippen LogP contribution < -0.4 is 10.6 Å². The van der Waals surface area contributed by atoms with E-state index in [-0.39, 0.29) is 12.5 Å². The van der Waals surface area contributed by atoms with Gasteiger partial charge in [-0.1, -0.05) is 6.92 Å². The Morgan fingerprint density at radius 2 is 2.35 bits per heavy atom. The van der Waals surface area contributed by atoms with Crippen LogP contribution in [0.4, 0.5) is 5.82 Å². The van der Waals surface area contributed by atoms with Crippen LogP contribution in [0.5, 0.6) is 0 Å². The molecule has 0 radical (unpaired) electrons. The second-order valence-corrected chi connectivity index (χ2v) is 3.64. The molecule has 0 aliphatic heterocycles. The van der Waals surface area contributed by atoms with E-state index in [9.17, 15) is 4.79 Å². The third kappa shape index (κ3) is 2.72. The molecule has 6 heteroatoms. The maximum absolute atomic E-state index is 11.4. The molecule has 2 rings (SSSR count). The van der Waals surface area contributed by atoms with E-state index in [0.29, 0.717) is 12.4 Å². The van der Waals surface area contributed by atoms with Crippen molar-refractivity contribution in [3.8, 4) is 0 Å². The summed E-state index contributed by atoms with van der Waals surface area (Å²) in [6.45, 7) is 2.94. The van der Waals surface area contributed by atoms with Crippen molar-refractivity contribution in [3.05, 3.63) is 24.7 Å². The number of nitrogens with zero attached hydrogens (tertiary/aromatic N) is 3. The summed E-state index contributed by atoms with van der Waals surface area (Å²) >= 11 is 0. The van der Waals surface area contributed by atoms with Gasteiger partial charge in [0.25, 0.3) is 0 Å². The summed E-state index contributed by atoms with van der Waals surface area (Å²) in [6, 6.07) is 1.85. The van der Waals surface area contributed by atoms with E-state index in [1.807, 2.05) is 13.0 Å². The lowest BCUT2D eigenvalue weighted by Crippen LogP contribution is -2.30. The molecule has 90 valence electrons. The van der Waals surface area contributed by atoms with E-state index in [2.05, 4.69) is 20.7 Å². The monoisotopic (exact) mass is 233 g/mol. The van der Waals surface area contributed by atoms with Crippen molar-refractivity contribution in [2.75, 3.05) is 18.4 Å². The predicted octanol–water partition coefficient (Wildman–Crippen LogP) is 0.667. The van der Waals surface area contributed by atoms with Gasteiger partial charge in [0, 0.05) is 18.9 Å². The third-order valence-corrected chi connectivity index (χ3v) is 2.31. The minimum atomic E-state index is -0.0323. The van der Waals surface area contributed by atoms with Crippen molar-refractivity contribution in [1.29, 1.82) is 0 Å². The molecule has 0 bridgehead atoms. The quantitative estimate of drug-likeness (QED) is 0.796. The number of rotatable bonds is 5. The first kappa shape index (κ1) is 11.4. The van der Waals surface area contributed by atoms with Gasteiger partial charge in [0.05, 0.1) is 12.7 Å². The normalized spacial score (nSPS) is 10.4. The van der Waals surface area contributed by atoms with Crippen molar-refractivity contribution in [1.82, 2.24) is 19.9 Å². The van der Waals surface area contributed by atoms with E-state index >= 15 is 0 Å². The lowest BCUT2D eigenvalue weighted by Gasteiger charge is -2.07. The van der Waals surface area contributed by atoms with Crippen molar-refractivity contribution in [2.45, 2.75) is 13.3 Å². The minimum Gasteiger partial charge on any atom is -0.359 e. The summed E-state index contributed by atoms with van der Waals surface area (Å²) in [5.41, 5.74) is 0.857. The Labute approximate surface area is 99.0 Å². The Bertz CT molecular complexity index is 507. The maximum atomic E-state index is 11.4. The number of aromatic nitrogens is 3. The van der Waals surface area contributed by atoms with Crippen LogP contribution in [0.3, 0.4) is 0 Å². The molecular formula is C11H15N5O. The average molecular weight is 233 g/mol. The number of carbonyl (C=O) groups excluding carboxylic acids is 1. The summed E-state index contributed by atoms with van der Waals surface area (Å²) in [5.74, 6) is 0.631. The Kier molecular flexibility index (Phi) is 3.54. The van der Waals surface area contributed by atoms with E-state index in [0.717, 1.165) is 11.9 Å². The number of nitrogens with one attached hydrogen (secondary N) is 2. The summed E-state index contributed by atoms with van der Waals surface area (Å²) in [5, 5.41) is 9.88. The van der Waals surface area contributed by atoms with Crippen LogP contribution >= 0.6 is 0 Å². The van der Waals surface area contributed by atoms with Gasteiger partial charge in [0.15, 0.2) is 5.82 Å². The van der Waals surface area contributed by atoms with Crippen LogP contribution in [-0.2, 0) is 4.79 Å². The predicted molar refractivity (Wildman–Crippen MR) is 64.8 cm³/mol. The van der Waals surface area contributed by atoms with Crippen LogP contribution in [0.25, 0.3) is 5.52 Å². The standard InChI is InChI=1S/C11H15N5O/c1-2-4-12-10(17)8-14-11-9-3-5-15-16(9)7-6-13-11/h3,5-7H,2,4,8H2,1H3,(H,12,17)(H,13,14). The van der Waals surface area contributed by atoms with Crippen LogP contribution in [0, 0.1) is 0 Å². The zero-order valence-electron chi connectivity index (χ0n) is 9.68. The first-order chi connectivity index (χ1) is 8.31. The fraction of sp³-hybridized carbons (Fsp3) is 0.364. The van der Waals surface area contributed by atoms with Crippen molar-refractivity contribution < 1.29 is 4.79 Å². The fourth-order valence-electron chi connectivity index (χ4n) is 1.48. The smallest absolute Gasteiger partial charge is 0.239 e. The van der Waals surface area contributed by atoms with E-state index < -0.39 is 0 Å². The van der Waals surface area contributed by atoms with Crippen LogP contribution in [0.2, 0.25) is 0 Å².